The average molecular weight is 388 g/mol. The van der Waals surface area contributed by atoms with E-state index in [1.807, 2.05) is 19.1 Å². The number of rotatable bonds is 3. The Bertz CT molecular complexity index is 905. The van der Waals surface area contributed by atoms with Gasteiger partial charge in [0.1, 0.15) is 17.3 Å². The van der Waals surface area contributed by atoms with Crippen LogP contribution in [0.4, 0.5) is 19.3 Å². The van der Waals surface area contributed by atoms with Crippen molar-refractivity contribution in [1.82, 2.24) is 4.90 Å². The lowest BCUT2D eigenvalue weighted by Gasteiger charge is -2.27. The Morgan fingerprint density at radius 2 is 1.96 bits per heavy atom. The van der Waals surface area contributed by atoms with E-state index in [9.17, 15) is 18.7 Å². The van der Waals surface area contributed by atoms with Crippen molar-refractivity contribution in [2.24, 2.45) is 5.92 Å². The standard InChI is InChI=1S/C21H22F2N2O3/c1-12-4-2-3-5-17(12)28-18-11-14(22)10-15(23)19(18)24-21(27)25-9-8-13-6-7-16(26)20(13)25/h2-5,10-11,13,16,20,26H,6-9H2,1H3,(H,24,27)/t13-,16+,20+/m0/s1. The summed E-state index contributed by atoms with van der Waals surface area (Å²) in [5.74, 6) is -1.12. The molecular weight excluding hydrogens is 366 g/mol. The van der Waals surface area contributed by atoms with Crippen LogP contribution in [0.1, 0.15) is 24.8 Å². The molecule has 148 valence electrons. The molecule has 2 aliphatic rings. The van der Waals surface area contributed by atoms with Gasteiger partial charge in [-0.15, -0.1) is 0 Å². The first-order valence-corrected chi connectivity index (χ1v) is 9.42. The second kappa shape index (κ2) is 7.39. The molecule has 0 unspecified atom stereocenters. The Labute approximate surface area is 161 Å². The topological polar surface area (TPSA) is 61.8 Å². The summed E-state index contributed by atoms with van der Waals surface area (Å²) in [5.41, 5.74) is 0.575. The summed E-state index contributed by atoms with van der Waals surface area (Å²) in [7, 11) is 0. The van der Waals surface area contributed by atoms with Gasteiger partial charge in [-0.2, -0.15) is 0 Å². The van der Waals surface area contributed by atoms with Crippen molar-refractivity contribution in [3.05, 3.63) is 53.6 Å². The van der Waals surface area contributed by atoms with E-state index >= 15 is 0 Å². The Morgan fingerprint density at radius 1 is 1.18 bits per heavy atom. The number of halogens is 2. The van der Waals surface area contributed by atoms with E-state index in [1.54, 1.807) is 17.0 Å². The highest BCUT2D eigenvalue weighted by Gasteiger charge is 2.45. The zero-order valence-corrected chi connectivity index (χ0v) is 15.5. The number of hydrogen-bond acceptors (Lipinski definition) is 3. The first-order chi connectivity index (χ1) is 13.4. The number of carbonyl (C=O) groups excluding carboxylic acids is 1. The zero-order valence-electron chi connectivity index (χ0n) is 15.5. The van der Waals surface area contributed by atoms with Crippen molar-refractivity contribution >= 4 is 11.7 Å². The third-order valence-electron chi connectivity index (χ3n) is 5.64. The van der Waals surface area contributed by atoms with Crippen LogP contribution in [-0.4, -0.2) is 34.7 Å². The number of benzene rings is 2. The molecule has 7 heteroatoms. The van der Waals surface area contributed by atoms with Crippen molar-refractivity contribution in [3.63, 3.8) is 0 Å². The predicted molar refractivity (Wildman–Crippen MR) is 100 cm³/mol. The maximum absolute atomic E-state index is 14.5. The average Bonchev–Trinajstić information content (AvgIpc) is 3.23. The highest BCUT2D eigenvalue weighted by Crippen LogP contribution is 2.39. The number of urea groups is 1. The quantitative estimate of drug-likeness (QED) is 0.817. The molecule has 3 atom stereocenters. The maximum Gasteiger partial charge on any atom is 0.322 e. The van der Waals surface area contributed by atoms with Crippen LogP contribution in [0.3, 0.4) is 0 Å². The second-order valence-electron chi connectivity index (χ2n) is 7.44. The lowest BCUT2D eigenvalue weighted by atomic mass is 10.0. The molecule has 0 radical (unpaired) electrons. The second-order valence-corrected chi connectivity index (χ2v) is 7.44. The molecule has 2 aromatic rings. The summed E-state index contributed by atoms with van der Waals surface area (Å²) in [6, 6.07) is 8.05. The smallest absolute Gasteiger partial charge is 0.322 e. The van der Waals surface area contributed by atoms with Crippen LogP contribution in [0.2, 0.25) is 0 Å². The summed E-state index contributed by atoms with van der Waals surface area (Å²) < 4.78 is 34.0. The molecule has 1 aliphatic heterocycles. The van der Waals surface area contributed by atoms with Crippen LogP contribution in [0.15, 0.2) is 36.4 Å². The minimum atomic E-state index is -0.917. The van der Waals surface area contributed by atoms with E-state index < -0.39 is 23.8 Å². The third kappa shape index (κ3) is 3.42. The van der Waals surface area contributed by atoms with Crippen molar-refractivity contribution in [2.45, 2.75) is 38.3 Å². The van der Waals surface area contributed by atoms with Crippen LogP contribution in [-0.2, 0) is 0 Å². The Balaban J connectivity index is 1.60. The summed E-state index contributed by atoms with van der Waals surface area (Å²) in [6.07, 6.45) is 1.78. The van der Waals surface area contributed by atoms with E-state index in [0.717, 1.165) is 24.5 Å². The van der Waals surface area contributed by atoms with Gasteiger partial charge in [0.2, 0.25) is 0 Å². The number of aliphatic hydroxyl groups excluding tert-OH is 1. The van der Waals surface area contributed by atoms with Crippen molar-refractivity contribution in [2.75, 3.05) is 11.9 Å². The molecule has 1 saturated carbocycles. The van der Waals surface area contributed by atoms with Crippen molar-refractivity contribution in [3.8, 4) is 11.5 Å². The number of likely N-dealkylation sites (tertiary alicyclic amines) is 1. The van der Waals surface area contributed by atoms with E-state index in [1.165, 1.54) is 0 Å². The monoisotopic (exact) mass is 388 g/mol. The largest absolute Gasteiger partial charge is 0.455 e. The summed E-state index contributed by atoms with van der Waals surface area (Å²) in [4.78, 5) is 14.3. The van der Waals surface area contributed by atoms with Gasteiger partial charge in [0.25, 0.3) is 0 Å². The molecule has 4 rings (SSSR count). The number of aliphatic hydroxyl groups is 1. The summed E-state index contributed by atoms with van der Waals surface area (Å²) in [5, 5.41) is 12.7. The van der Waals surface area contributed by atoms with Gasteiger partial charge in [-0.25, -0.2) is 13.6 Å². The normalized spacial score (nSPS) is 23.6. The Morgan fingerprint density at radius 3 is 2.75 bits per heavy atom. The lowest BCUT2D eigenvalue weighted by molar-refractivity contribution is 0.101. The molecule has 1 saturated heterocycles. The van der Waals surface area contributed by atoms with Crippen molar-refractivity contribution in [1.29, 1.82) is 0 Å². The van der Waals surface area contributed by atoms with E-state index in [0.29, 0.717) is 24.8 Å². The molecule has 5 nitrogen and oxygen atoms in total. The fraction of sp³-hybridized carbons (Fsp3) is 0.381. The van der Waals surface area contributed by atoms with Gasteiger partial charge < -0.3 is 20.1 Å². The van der Waals surface area contributed by atoms with Crippen LogP contribution in [0.25, 0.3) is 0 Å². The highest BCUT2D eigenvalue weighted by molar-refractivity contribution is 5.91. The Hall–Kier alpha value is -2.67. The van der Waals surface area contributed by atoms with E-state index in [4.69, 9.17) is 4.74 Å². The number of fused-ring (bicyclic) bond motifs is 1. The fourth-order valence-electron chi connectivity index (χ4n) is 4.23. The molecule has 2 N–H and O–H groups in total. The number of carbonyl (C=O) groups is 1. The van der Waals surface area contributed by atoms with E-state index in [-0.39, 0.29) is 23.4 Å². The number of hydrogen-bond donors (Lipinski definition) is 2. The van der Waals surface area contributed by atoms with Crippen molar-refractivity contribution < 1.29 is 23.4 Å². The minimum Gasteiger partial charge on any atom is -0.455 e. The summed E-state index contributed by atoms with van der Waals surface area (Å²) in [6.45, 7) is 2.31. The van der Waals surface area contributed by atoms with Crippen LogP contribution >= 0.6 is 0 Å². The first-order valence-electron chi connectivity index (χ1n) is 9.42. The molecule has 28 heavy (non-hydrogen) atoms. The number of anilines is 1. The predicted octanol–water partition coefficient (Wildman–Crippen LogP) is 4.44. The fourth-order valence-corrected chi connectivity index (χ4v) is 4.23. The molecular formula is C21H22F2N2O3. The number of aryl methyl sites for hydroxylation is 1. The molecule has 0 spiro atoms. The van der Waals surface area contributed by atoms with Crippen LogP contribution in [0, 0.1) is 24.5 Å². The van der Waals surface area contributed by atoms with Crippen LogP contribution < -0.4 is 10.1 Å². The van der Waals surface area contributed by atoms with Gasteiger partial charge in [-0.1, -0.05) is 18.2 Å². The SMILES string of the molecule is Cc1ccccc1Oc1cc(F)cc(F)c1NC(=O)N1CC[C@@H]2CC[C@@H](O)[C@@H]21. The molecule has 0 bridgehead atoms. The van der Waals surface area contributed by atoms with Gasteiger partial charge in [0, 0.05) is 18.7 Å². The molecule has 2 amide bonds. The summed E-state index contributed by atoms with van der Waals surface area (Å²) >= 11 is 0. The number of nitrogens with one attached hydrogen (secondary N) is 1. The molecule has 1 aliphatic carbocycles. The van der Waals surface area contributed by atoms with Crippen LogP contribution in [0.5, 0.6) is 11.5 Å². The Kier molecular flexibility index (Phi) is 4.93. The third-order valence-corrected chi connectivity index (χ3v) is 5.64. The van der Waals surface area contributed by atoms with Gasteiger partial charge in [-0.3, -0.25) is 0 Å². The van der Waals surface area contributed by atoms with Gasteiger partial charge >= 0.3 is 6.03 Å². The van der Waals surface area contributed by atoms with Gasteiger partial charge in [0.05, 0.1) is 12.1 Å². The highest BCUT2D eigenvalue weighted by atomic mass is 19.1. The van der Waals surface area contributed by atoms with Gasteiger partial charge in [-0.05, 0) is 43.7 Å². The number of ether oxygens (including phenoxy) is 1. The zero-order chi connectivity index (χ0) is 19.8. The minimum absolute atomic E-state index is 0.108. The molecule has 0 aromatic heterocycles. The van der Waals surface area contributed by atoms with E-state index in [2.05, 4.69) is 5.32 Å². The number of para-hydroxylation sites is 1. The lowest BCUT2D eigenvalue weighted by Crippen LogP contribution is -2.44. The number of nitrogens with zero attached hydrogens (tertiary/aromatic N) is 1. The molecule has 2 fully saturated rings. The first kappa shape index (κ1) is 18.7. The molecule has 2 aromatic carbocycles. The number of amides is 2. The molecule has 1 heterocycles. The van der Waals surface area contributed by atoms with Gasteiger partial charge in [0.15, 0.2) is 11.6 Å². The maximum atomic E-state index is 14.5.